The number of hydrogen-bond acceptors (Lipinski definition) is 4. The van der Waals surface area contributed by atoms with Gasteiger partial charge in [0.05, 0.1) is 11.6 Å². The molecular formula is C17H10FNO2S. The zero-order chi connectivity index (χ0) is 15.5. The molecule has 0 aliphatic heterocycles. The number of nitriles is 1. The standard InChI is InChI=1S/C17H10FNO2S/c18-14-2-1-3-15-13(14)8-16(22-15)17(20)21-10-12-6-4-11(9-19)5-7-12/h1-8H,10H2. The highest BCUT2D eigenvalue weighted by Gasteiger charge is 2.13. The van der Waals surface area contributed by atoms with Gasteiger partial charge in [-0.15, -0.1) is 11.3 Å². The van der Waals surface area contributed by atoms with Gasteiger partial charge in [0.2, 0.25) is 0 Å². The molecule has 0 unspecified atom stereocenters. The van der Waals surface area contributed by atoms with Gasteiger partial charge in [0, 0.05) is 10.1 Å². The van der Waals surface area contributed by atoms with Crippen LogP contribution < -0.4 is 0 Å². The summed E-state index contributed by atoms with van der Waals surface area (Å²) in [7, 11) is 0. The van der Waals surface area contributed by atoms with Gasteiger partial charge in [-0.25, -0.2) is 9.18 Å². The summed E-state index contributed by atoms with van der Waals surface area (Å²) in [5.74, 6) is -0.829. The number of carbonyl (C=O) groups excluding carboxylic acids is 1. The van der Waals surface area contributed by atoms with Crippen LogP contribution in [0.2, 0.25) is 0 Å². The summed E-state index contributed by atoms with van der Waals surface area (Å²) in [6.45, 7) is 0.112. The number of carbonyl (C=O) groups is 1. The van der Waals surface area contributed by atoms with Crippen LogP contribution in [0.5, 0.6) is 0 Å². The third-order valence-electron chi connectivity index (χ3n) is 3.16. The number of fused-ring (bicyclic) bond motifs is 1. The first kappa shape index (κ1) is 14.2. The summed E-state index contributed by atoms with van der Waals surface area (Å²) in [5, 5.41) is 9.15. The highest BCUT2D eigenvalue weighted by molar-refractivity contribution is 7.20. The molecular weight excluding hydrogens is 301 g/mol. The number of thiophene rings is 1. The van der Waals surface area contributed by atoms with Gasteiger partial charge in [-0.2, -0.15) is 5.26 Å². The first-order valence-corrected chi connectivity index (χ1v) is 7.33. The van der Waals surface area contributed by atoms with E-state index >= 15 is 0 Å². The van der Waals surface area contributed by atoms with Crippen molar-refractivity contribution in [3.63, 3.8) is 0 Å². The van der Waals surface area contributed by atoms with E-state index in [1.807, 2.05) is 6.07 Å². The van der Waals surface area contributed by atoms with Crippen LogP contribution >= 0.6 is 11.3 Å². The van der Waals surface area contributed by atoms with Crippen LogP contribution in [-0.4, -0.2) is 5.97 Å². The molecule has 0 aliphatic carbocycles. The normalized spacial score (nSPS) is 10.4. The molecule has 0 fully saturated rings. The maximum atomic E-state index is 13.6. The van der Waals surface area contributed by atoms with Gasteiger partial charge in [-0.3, -0.25) is 0 Å². The molecule has 0 spiro atoms. The fraction of sp³-hybridized carbons (Fsp3) is 0.0588. The van der Waals surface area contributed by atoms with E-state index in [0.717, 1.165) is 5.56 Å². The molecule has 3 aromatic rings. The second-order valence-electron chi connectivity index (χ2n) is 4.65. The van der Waals surface area contributed by atoms with Crippen molar-refractivity contribution in [1.82, 2.24) is 0 Å². The minimum Gasteiger partial charge on any atom is -0.457 e. The van der Waals surface area contributed by atoms with Crippen molar-refractivity contribution in [3.8, 4) is 6.07 Å². The number of rotatable bonds is 3. The van der Waals surface area contributed by atoms with Gasteiger partial charge in [0.1, 0.15) is 17.3 Å². The third-order valence-corrected chi connectivity index (χ3v) is 4.24. The minimum atomic E-state index is -0.482. The second kappa shape index (κ2) is 5.96. The maximum absolute atomic E-state index is 13.6. The number of halogens is 1. The summed E-state index contributed by atoms with van der Waals surface area (Å²) in [6, 6.07) is 15.1. The van der Waals surface area contributed by atoms with Crippen LogP contribution in [0.4, 0.5) is 4.39 Å². The van der Waals surface area contributed by atoms with Crippen LogP contribution in [0, 0.1) is 17.1 Å². The highest BCUT2D eigenvalue weighted by atomic mass is 32.1. The lowest BCUT2D eigenvalue weighted by Gasteiger charge is -2.03. The molecule has 0 N–H and O–H groups in total. The molecule has 5 heteroatoms. The summed E-state index contributed by atoms with van der Waals surface area (Å²) in [5.41, 5.74) is 1.34. The lowest BCUT2D eigenvalue weighted by Crippen LogP contribution is -2.03. The first-order chi connectivity index (χ1) is 10.7. The monoisotopic (exact) mass is 311 g/mol. The van der Waals surface area contributed by atoms with E-state index < -0.39 is 5.97 Å². The zero-order valence-electron chi connectivity index (χ0n) is 11.4. The van der Waals surface area contributed by atoms with Crippen molar-refractivity contribution in [2.45, 2.75) is 6.61 Å². The molecule has 22 heavy (non-hydrogen) atoms. The van der Waals surface area contributed by atoms with Gasteiger partial charge >= 0.3 is 5.97 Å². The number of hydrogen-bond donors (Lipinski definition) is 0. The SMILES string of the molecule is N#Cc1ccc(COC(=O)c2cc3c(F)cccc3s2)cc1. The second-order valence-corrected chi connectivity index (χ2v) is 5.73. The zero-order valence-corrected chi connectivity index (χ0v) is 12.2. The lowest BCUT2D eigenvalue weighted by molar-refractivity contribution is 0.0478. The molecule has 0 aliphatic rings. The van der Waals surface area contributed by atoms with Crippen LogP contribution in [0.15, 0.2) is 48.5 Å². The van der Waals surface area contributed by atoms with E-state index in [0.29, 0.717) is 20.5 Å². The summed E-state index contributed by atoms with van der Waals surface area (Å²) < 4.78 is 19.5. The number of nitrogens with zero attached hydrogens (tertiary/aromatic N) is 1. The molecule has 1 aromatic heterocycles. The van der Waals surface area contributed by atoms with Gasteiger partial charge in [0.15, 0.2) is 0 Å². The number of benzene rings is 2. The Bertz CT molecular complexity index is 878. The Morgan fingerprint density at radius 1 is 1.23 bits per heavy atom. The van der Waals surface area contributed by atoms with Gasteiger partial charge in [-0.1, -0.05) is 18.2 Å². The van der Waals surface area contributed by atoms with E-state index in [-0.39, 0.29) is 12.4 Å². The molecule has 2 aromatic carbocycles. The molecule has 0 radical (unpaired) electrons. The van der Waals surface area contributed by atoms with Crippen molar-refractivity contribution < 1.29 is 13.9 Å². The molecule has 0 saturated carbocycles. The lowest BCUT2D eigenvalue weighted by atomic mass is 10.2. The van der Waals surface area contributed by atoms with Gasteiger partial charge < -0.3 is 4.74 Å². The smallest absolute Gasteiger partial charge is 0.348 e. The molecule has 1 heterocycles. The van der Waals surface area contributed by atoms with Crippen LogP contribution in [0.3, 0.4) is 0 Å². The van der Waals surface area contributed by atoms with E-state index in [4.69, 9.17) is 10.00 Å². The van der Waals surface area contributed by atoms with E-state index in [2.05, 4.69) is 0 Å². The van der Waals surface area contributed by atoms with Crippen LogP contribution in [-0.2, 0) is 11.3 Å². The largest absolute Gasteiger partial charge is 0.457 e. The van der Waals surface area contributed by atoms with Crippen molar-refractivity contribution in [3.05, 3.63) is 70.4 Å². The maximum Gasteiger partial charge on any atom is 0.348 e. The molecule has 0 bridgehead atoms. The minimum absolute atomic E-state index is 0.112. The topological polar surface area (TPSA) is 50.1 Å². The van der Waals surface area contributed by atoms with Crippen LogP contribution in [0.25, 0.3) is 10.1 Å². The summed E-state index contributed by atoms with van der Waals surface area (Å²) >= 11 is 1.20. The molecule has 0 atom stereocenters. The average Bonchev–Trinajstić information content (AvgIpc) is 2.99. The number of ether oxygens (including phenoxy) is 1. The quantitative estimate of drug-likeness (QED) is 0.679. The van der Waals surface area contributed by atoms with Crippen LogP contribution in [0.1, 0.15) is 20.8 Å². The average molecular weight is 311 g/mol. The molecule has 3 nitrogen and oxygen atoms in total. The van der Waals surface area contributed by atoms with E-state index in [1.54, 1.807) is 36.4 Å². The number of esters is 1. The van der Waals surface area contributed by atoms with Gasteiger partial charge in [0.25, 0.3) is 0 Å². The molecule has 0 amide bonds. The fourth-order valence-corrected chi connectivity index (χ4v) is 2.99. The predicted molar refractivity (Wildman–Crippen MR) is 82.1 cm³/mol. The Kier molecular flexibility index (Phi) is 3.86. The van der Waals surface area contributed by atoms with E-state index in [1.165, 1.54) is 23.5 Å². The predicted octanol–water partition coefficient (Wildman–Crippen LogP) is 4.27. The third kappa shape index (κ3) is 2.83. The van der Waals surface area contributed by atoms with Crippen molar-refractivity contribution in [2.24, 2.45) is 0 Å². The highest BCUT2D eigenvalue weighted by Crippen LogP contribution is 2.28. The Morgan fingerprint density at radius 2 is 2.00 bits per heavy atom. The summed E-state index contributed by atoms with van der Waals surface area (Å²) in [4.78, 5) is 12.4. The Hall–Kier alpha value is -2.71. The van der Waals surface area contributed by atoms with Crippen molar-refractivity contribution >= 4 is 27.4 Å². The first-order valence-electron chi connectivity index (χ1n) is 6.51. The Morgan fingerprint density at radius 3 is 2.68 bits per heavy atom. The van der Waals surface area contributed by atoms with Crippen molar-refractivity contribution in [1.29, 1.82) is 5.26 Å². The molecule has 108 valence electrons. The Balaban J connectivity index is 1.73. The van der Waals surface area contributed by atoms with E-state index in [9.17, 15) is 9.18 Å². The Labute approximate surface area is 130 Å². The van der Waals surface area contributed by atoms with Gasteiger partial charge in [-0.05, 0) is 35.9 Å². The summed E-state index contributed by atoms with van der Waals surface area (Å²) in [6.07, 6.45) is 0. The fourth-order valence-electron chi connectivity index (χ4n) is 2.02. The van der Waals surface area contributed by atoms with Crippen molar-refractivity contribution in [2.75, 3.05) is 0 Å². The molecule has 0 saturated heterocycles. The molecule has 3 rings (SSSR count).